The zero-order valence-corrected chi connectivity index (χ0v) is 11.9. The van der Waals surface area contributed by atoms with Crippen LogP contribution in [0.5, 0.6) is 0 Å². The van der Waals surface area contributed by atoms with E-state index in [1.165, 1.54) is 9.80 Å². The molecule has 21 heavy (non-hydrogen) atoms. The van der Waals surface area contributed by atoms with Crippen molar-refractivity contribution in [1.82, 2.24) is 4.90 Å². The fourth-order valence-corrected chi connectivity index (χ4v) is 3.39. The van der Waals surface area contributed by atoms with Gasteiger partial charge in [0.1, 0.15) is 0 Å². The molecule has 2 heterocycles. The molecule has 1 N–H and O–H groups in total. The molecule has 2 aliphatic heterocycles. The average molecular weight is 288 g/mol. The molecule has 0 spiro atoms. The van der Waals surface area contributed by atoms with E-state index in [9.17, 15) is 19.5 Å². The Hall–Kier alpha value is -2.37. The summed E-state index contributed by atoms with van der Waals surface area (Å²) in [5.41, 5.74) is -0.834. The van der Waals surface area contributed by atoms with Gasteiger partial charge < -0.3 is 10.0 Å². The van der Waals surface area contributed by atoms with E-state index >= 15 is 0 Å². The molecule has 1 saturated heterocycles. The van der Waals surface area contributed by atoms with Gasteiger partial charge in [0.15, 0.2) is 0 Å². The number of benzene rings is 1. The van der Waals surface area contributed by atoms with Gasteiger partial charge in [-0.15, -0.1) is 0 Å². The largest absolute Gasteiger partial charge is 0.478 e. The molecule has 3 rings (SSSR count). The number of para-hydroxylation sites is 1. The molecule has 0 saturated carbocycles. The molecule has 1 atom stereocenters. The van der Waals surface area contributed by atoms with Crippen molar-refractivity contribution in [3.05, 3.63) is 29.8 Å². The van der Waals surface area contributed by atoms with Crippen molar-refractivity contribution < 1.29 is 19.5 Å². The van der Waals surface area contributed by atoms with Crippen LogP contribution >= 0.6 is 0 Å². The molecule has 6 heteroatoms. The van der Waals surface area contributed by atoms with Crippen molar-refractivity contribution in [2.24, 2.45) is 0 Å². The smallest absolute Gasteiger partial charge is 0.351 e. The van der Waals surface area contributed by atoms with E-state index in [2.05, 4.69) is 0 Å². The number of hydrogen-bond donors (Lipinski definition) is 1. The fourth-order valence-electron chi connectivity index (χ4n) is 3.39. The van der Waals surface area contributed by atoms with Crippen molar-refractivity contribution in [1.29, 1.82) is 0 Å². The first-order chi connectivity index (χ1) is 9.91. The first kappa shape index (κ1) is 13.6. The van der Waals surface area contributed by atoms with E-state index in [4.69, 9.17) is 0 Å². The first-order valence-electron chi connectivity index (χ1n) is 6.90. The van der Waals surface area contributed by atoms with E-state index < -0.39 is 11.6 Å². The number of fused-ring (bicyclic) bond motifs is 3. The number of anilines is 1. The van der Waals surface area contributed by atoms with Gasteiger partial charge in [-0.25, -0.2) is 4.79 Å². The second kappa shape index (κ2) is 4.31. The molecule has 0 unspecified atom stereocenters. The Kier molecular flexibility index (Phi) is 2.79. The van der Waals surface area contributed by atoms with Gasteiger partial charge in [0.25, 0.3) is 5.91 Å². The van der Waals surface area contributed by atoms with Crippen molar-refractivity contribution in [3.8, 4) is 0 Å². The summed E-state index contributed by atoms with van der Waals surface area (Å²) in [6.45, 7) is 3.52. The molecule has 2 aliphatic rings. The first-order valence-corrected chi connectivity index (χ1v) is 6.90. The third kappa shape index (κ3) is 1.55. The highest BCUT2D eigenvalue weighted by molar-refractivity contribution is 6.15. The summed E-state index contributed by atoms with van der Waals surface area (Å²) < 4.78 is 0. The Labute approximate surface area is 122 Å². The highest BCUT2D eigenvalue weighted by Gasteiger charge is 2.61. The summed E-state index contributed by atoms with van der Waals surface area (Å²) in [6, 6.07) is 6.35. The third-order valence-electron chi connectivity index (χ3n) is 4.16. The Balaban J connectivity index is 2.33. The average Bonchev–Trinajstić information content (AvgIpc) is 2.78. The Morgan fingerprint density at radius 1 is 1.29 bits per heavy atom. The number of carbonyl (C=O) groups is 3. The predicted molar refractivity (Wildman–Crippen MR) is 74.8 cm³/mol. The molecular weight excluding hydrogens is 272 g/mol. The molecule has 1 aromatic carbocycles. The summed E-state index contributed by atoms with van der Waals surface area (Å²) in [6.07, 6.45) is 0.233. The summed E-state index contributed by atoms with van der Waals surface area (Å²) in [7, 11) is 0. The van der Waals surface area contributed by atoms with Crippen LogP contribution in [0.15, 0.2) is 24.3 Å². The lowest BCUT2D eigenvalue weighted by Gasteiger charge is -2.49. The Bertz CT molecular complexity index is 655. The SMILES string of the molecule is CC(C)N1C(=O)c2ccccc2N2C(=O)CC[C@]21C(=O)O. The van der Waals surface area contributed by atoms with Crippen molar-refractivity contribution >= 4 is 23.5 Å². The van der Waals surface area contributed by atoms with Crippen molar-refractivity contribution in [3.63, 3.8) is 0 Å². The predicted octanol–water partition coefficient (Wildman–Crippen LogP) is 1.46. The van der Waals surface area contributed by atoms with Gasteiger partial charge in [0.05, 0.1) is 11.3 Å². The van der Waals surface area contributed by atoms with Crippen molar-refractivity contribution in [2.75, 3.05) is 4.90 Å². The molecule has 0 radical (unpaired) electrons. The van der Waals surface area contributed by atoms with Crippen LogP contribution in [0.2, 0.25) is 0 Å². The van der Waals surface area contributed by atoms with Gasteiger partial charge in [-0.05, 0) is 26.0 Å². The maximum Gasteiger partial charge on any atom is 0.351 e. The molecule has 0 aliphatic carbocycles. The number of carboxylic acid groups (broad SMARTS) is 1. The molecule has 0 aromatic heterocycles. The number of rotatable bonds is 2. The minimum Gasteiger partial charge on any atom is -0.478 e. The number of carboxylic acids is 1. The molecular formula is C15H16N2O4. The molecule has 110 valence electrons. The Morgan fingerprint density at radius 3 is 2.57 bits per heavy atom. The highest BCUT2D eigenvalue weighted by atomic mass is 16.4. The second-order valence-electron chi connectivity index (χ2n) is 5.64. The van der Waals surface area contributed by atoms with Gasteiger partial charge in [-0.2, -0.15) is 0 Å². The normalized spacial score (nSPS) is 24.3. The lowest BCUT2D eigenvalue weighted by molar-refractivity contribution is -0.151. The standard InChI is InChI=1S/C15H16N2O4/c1-9(2)16-13(19)10-5-3-4-6-11(10)17-12(18)7-8-15(16,17)14(20)21/h3-6,9H,7-8H2,1-2H3,(H,20,21)/t15-/m1/s1. The summed E-state index contributed by atoms with van der Waals surface area (Å²) >= 11 is 0. The summed E-state index contributed by atoms with van der Waals surface area (Å²) in [5.74, 6) is -1.76. The highest BCUT2D eigenvalue weighted by Crippen LogP contribution is 2.45. The quantitative estimate of drug-likeness (QED) is 0.893. The third-order valence-corrected chi connectivity index (χ3v) is 4.16. The van der Waals surface area contributed by atoms with Crippen LogP contribution in [0.1, 0.15) is 37.0 Å². The molecule has 6 nitrogen and oxygen atoms in total. The number of hydrogen-bond acceptors (Lipinski definition) is 3. The van der Waals surface area contributed by atoms with Crippen LogP contribution in [-0.4, -0.2) is 39.5 Å². The van der Waals surface area contributed by atoms with Crippen LogP contribution < -0.4 is 4.90 Å². The number of nitrogens with zero attached hydrogens (tertiary/aromatic N) is 2. The van der Waals surface area contributed by atoms with E-state index in [1.54, 1.807) is 38.1 Å². The number of aliphatic carboxylic acids is 1. The van der Waals surface area contributed by atoms with E-state index in [0.717, 1.165) is 0 Å². The maximum atomic E-state index is 12.7. The summed E-state index contributed by atoms with van der Waals surface area (Å²) in [4.78, 5) is 39.6. The molecule has 1 fully saturated rings. The lowest BCUT2D eigenvalue weighted by Crippen LogP contribution is -2.69. The van der Waals surface area contributed by atoms with Gasteiger partial charge >= 0.3 is 5.97 Å². The second-order valence-corrected chi connectivity index (χ2v) is 5.64. The zero-order chi connectivity index (χ0) is 15.4. The van der Waals surface area contributed by atoms with Crippen molar-refractivity contribution in [2.45, 2.75) is 38.4 Å². The van der Waals surface area contributed by atoms with Gasteiger partial charge in [0, 0.05) is 18.9 Å². The van der Waals surface area contributed by atoms with E-state index in [0.29, 0.717) is 11.3 Å². The van der Waals surface area contributed by atoms with E-state index in [-0.39, 0.29) is 30.7 Å². The molecule has 2 amide bonds. The molecule has 1 aromatic rings. The molecule has 0 bridgehead atoms. The number of amides is 2. The zero-order valence-electron chi connectivity index (χ0n) is 11.9. The van der Waals surface area contributed by atoms with Crippen LogP contribution in [0.3, 0.4) is 0 Å². The van der Waals surface area contributed by atoms with E-state index in [1.807, 2.05) is 0 Å². The van der Waals surface area contributed by atoms with Crippen LogP contribution in [0.4, 0.5) is 5.69 Å². The van der Waals surface area contributed by atoms with Gasteiger partial charge in [0.2, 0.25) is 11.6 Å². The monoisotopic (exact) mass is 288 g/mol. The maximum absolute atomic E-state index is 12.7. The van der Waals surface area contributed by atoms with Crippen LogP contribution in [0.25, 0.3) is 0 Å². The van der Waals surface area contributed by atoms with Gasteiger partial charge in [-0.3, -0.25) is 14.5 Å². The summed E-state index contributed by atoms with van der Waals surface area (Å²) in [5, 5.41) is 9.79. The topological polar surface area (TPSA) is 77.9 Å². The fraction of sp³-hybridized carbons (Fsp3) is 0.400. The van der Waals surface area contributed by atoms with Crippen LogP contribution in [-0.2, 0) is 9.59 Å². The number of carbonyl (C=O) groups excluding carboxylic acids is 2. The lowest BCUT2D eigenvalue weighted by atomic mass is 9.95. The van der Waals surface area contributed by atoms with Gasteiger partial charge in [-0.1, -0.05) is 12.1 Å². The van der Waals surface area contributed by atoms with Crippen LogP contribution in [0, 0.1) is 0 Å². The minimum atomic E-state index is -1.60. The minimum absolute atomic E-state index is 0.111. The Morgan fingerprint density at radius 2 is 1.95 bits per heavy atom.